The summed E-state index contributed by atoms with van der Waals surface area (Å²) in [4.78, 5) is 24.4. The molecule has 0 saturated heterocycles. The molecule has 0 aromatic heterocycles. The van der Waals surface area contributed by atoms with Gasteiger partial charge in [0.2, 0.25) is 5.91 Å². The first kappa shape index (κ1) is 15.4. The fraction of sp³-hybridized carbons (Fsp3) is 0.500. The van der Waals surface area contributed by atoms with Gasteiger partial charge in [-0.15, -0.1) is 13.2 Å². The molecular formula is C12H20N2O3. The van der Waals surface area contributed by atoms with Gasteiger partial charge in [-0.2, -0.15) is 0 Å². The van der Waals surface area contributed by atoms with Gasteiger partial charge in [0.1, 0.15) is 6.04 Å². The summed E-state index contributed by atoms with van der Waals surface area (Å²) >= 11 is 0. The van der Waals surface area contributed by atoms with Crippen LogP contribution in [-0.2, 0) is 14.3 Å². The first-order valence-corrected chi connectivity index (χ1v) is 5.34. The number of nitrogens with zero attached hydrogens (tertiary/aromatic N) is 1. The fourth-order valence-electron chi connectivity index (χ4n) is 1.41. The summed E-state index contributed by atoms with van der Waals surface area (Å²) in [6, 6.07) is -0.669. The third-order valence-corrected chi connectivity index (χ3v) is 2.08. The molecule has 0 aliphatic rings. The molecule has 96 valence electrons. The maximum atomic E-state index is 11.5. The van der Waals surface area contributed by atoms with Gasteiger partial charge in [0.25, 0.3) is 0 Å². The minimum absolute atomic E-state index is 0.266. The van der Waals surface area contributed by atoms with E-state index in [9.17, 15) is 9.59 Å². The Morgan fingerprint density at radius 2 is 1.88 bits per heavy atom. The lowest BCUT2D eigenvalue weighted by atomic mass is 10.2. The van der Waals surface area contributed by atoms with Crippen molar-refractivity contribution in [3.05, 3.63) is 25.3 Å². The van der Waals surface area contributed by atoms with Crippen LogP contribution in [0.5, 0.6) is 0 Å². The molecule has 17 heavy (non-hydrogen) atoms. The normalized spacial score (nSPS) is 11.7. The largest absolute Gasteiger partial charge is 0.467 e. The van der Waals surface area contributed by atoms with Crippen molar-refractivity contribution in [2.24, 2.45) is 0 Å². The Hall–Kier alpha value is -1.62. The summed E-state index contributed by atoms with van der Waals surface area (Å²) in [5, 5.41) is 2.55. The number of methoxy groups -OCH3 is 1. The molecule has 0 aromatic carbocycles. The number of ether oxygens (including phenoxy) is 1. The zero-order valence-corrected chi connectivity index (χ0v) is 10.4. The second-order valence-corrected chi connectivity index (χ2v) is 3.57. The molecule has 5 nitrogen and oxygen atoms in total. The van der Waals surface area contributed by atoms with Crippen molar-refractivity contribution >= 4 is 11.9 Å². The minimum Gasteiger partial charge on any atom is -0.467 e. The van der Waals surface area contributed by atoms with E-state index in [2.05, 4.69) is 23.2 Å². The van der Waals surface area contributed by atoms with E-state index in [0.29, 0.717) is 19.6 Å². The third kappa shape index (κ3) is 6.52. The van der Waals surface area contributed by atoms with Crippen LogP contribution in [0, 0.1) is 0 Å². The van der Waals surface area contributed by atoms with Gasteiger partial charge in [0.05, 0.1) is 7.11 Å². The van der Waals surface area contributed by atoms with Crippen LogP contribution >= 0.6 is 0 Å². The lowest BCUT2D eigenvalue weighted by Gasteiger charge is -2.24. The van der Waals surface area contributed by atoms with Gasteiger partial charge in [0, 0.05) is 26.6 Å². The molecule has 0 rings (SSSR count). The average molecular weight is 240 g/mol. The van der Waals surface area contributed by atoms with Crippen molar-refractivity contribution in [3.63, 3.8) is 0 Å². The first-order chi connectivity index (χ1) is 8.04. The number of carbonyl (C=O) groups is 2. The predicted molar refractivity (Wildman–Crippen MR) is 66.5 cm³/mol. The van der Waals surface area contributed by atoms with Crippen LogP contribution in [-0.4, -0.2) is 49.6 Å². The second kappa shape index (κ2) is 8.52. The van der Waals surface area contributed by atoms with E-state index < -0.39 is 12.0 Å². The van der Waals surface area contributed by atoms with E-state index in [-0.39, 0.29) is 5.91 Å². The Morgan fingerprint density at radius 3 is 2.24 bits per heavy atom. The van der Waals surface area contributed by atoms with Crippen LogP contribution in [0.1, 0.15) is 6.92 Å². The lowest BCUT2D eigenvalue weighted by molar-refractivity contribution is -0.145. The molecule has 0 fully saturated rings. The molecule has 0 spiro atoms. The highest BCUT2D eigenvalue weighted by Gasteiger charge is 2.22. The highest BCUT2D eigenvalue weighted by Crippen LogP contribution is 1.96. The summed E-state index contributed by atoms with van der Waals surface area (Å²) in [6.45, 7) is 10.2. The van der Waals surface area contributed by atoms with Crippen molar-refractivity contribution in [1.29, 1.82) is 0 Å². The van der Waals surface area contributed by atoms with Gasteiger partial charge >= 0.3 is 5.97 Å². The number of amides is 1. The molecule has 1 atom stereocenters. The highest BCUT2D eigenvalue weighted by molar-refractivity contribution is 5.83. The Morgan fingerprint density at radius 1 is 1.35 bits per heavy atom. The standard InChI is InChI=1S/C12H20N2O3/c1-5-7-14(8-6-2)9-11(12(16)17-4)13-10(3)15/h5-6,11H,1-2,7-9H2,3-4H3,(H,13,15). The summed E-state index contributed by atoms with van der Waals surface area (Å²) in [7, 11) is 1.29. The zero-order chi connectivity index (χ0) is 13.3. The van der Waals surface area contributed by atoms with Gasteiger partial charge in [0.15, 0.2) is 0 Å². The van der Waals surface area contributed by atoms with E-state index in [1.807, 2.05) is 4.90 Å². The van der Waals surface area contributed by atoms with Gasteiger partial charge in [-0.25, -0.2) is 4.79 Å². The van der Waals surface area contributed by atoms with E-state index in [1.165, 1.54) is 14.0 Å². The first-order valence-electron chi connectivity index (χ1n) is 5.34. The van der Waals surface area contributed by atoms with Crippen molar-refractivity contribution in [2.75, 3.05) is 26.7 Å². The lowest BCUT2D eigenvalue weighted by Crippen LogP contribution is -2.48. The zero-order valence-electron chi connectivity index (χ0n) is 10.4. The smallest absolute Gasteiger partial charge is 0.329 e. The minimum atomic E-state index is -0.669. The molecule has 0 heterocycles. The number of rotatable bonds is 8. The quantitative estimate of drug-likeness (QED) is 0.491. The second-order valence-electron chi connectivity index (χ2n) is 3.57. The fourth-order valence-corrected chi connectivity index (χ4v) is 1.41. The molecule has 0 aliphatic heterocycles. The van der Waals surface area contributed by atoms with E-state index in [4.69, 9.17) is 0 Å². The van der Waals surface area contributed by atoms with Crippen molar-refractivity contribution in [1.82, 2.24) is 10.2 Å². The molecule has 1 amide bonds. The summed E-state index contributed by atoms with van der Waals surface area (Å²) in [6.07, 6.45) is 3.46. The molecule has 1 N–H and O–H groups in total. The molecule has 0 radical (unpaired) electrons. The monoisotopic (exact) mass is 240 g/mol. The molecule has 5 heteroatoms. The maximum absolute atomic E-state index is 11.5. The molecular weight excluding hydrogens is 220 g/mol. The van der Waals surface area contributed by atoms with Crippen molar-refractivity contribution < 1.29 is 14.3 Å². The molecule has 0 aliphatic carbocycles. The van der Waals surface area contributed by atoms with Crippen LogP contribution in [0.25, 0.3) is 0 Å². The van der Waals surface area contributed by atoms with Crippen molar-refractivity contribution in [2.45, 2.75) is 13.0 Å². The van der Waals surface area contributed by atoms with Crippen LogP contribution in [0.2, 0.25) is 0 Å². The van der Waals surface area contributed by atoms with Gasteiger partial charge < -0.3 is 10.1 Å². The van der Waals surface area contributed by atoms with Crippen LogP contribution < -0.4 is 5.32 Å². The SMILES string of the molecule is C=CCN(CC=C)CC(NC(C)=O)C(=O)OC. The molecule has 0 bridgehead atoms. The third-order valence-electron chi connectivity index (χ3n) is 2.08. The average Bonchev–Trinajstić information content (AvgIpc) is 2.27. The van der Waals surface area contributed by atoms with Crippen LogP contribution in [0.15, 0.2) is 25.3 Å². The van der Waals surface area contributed by atoms with Crippen LogP contribution in [0.3, 0.4) is 0 Å². The summed E-state index contributed by atoms with van der Waals surface area (Å²) in [5.74, 6) is -0.726. The van der Waals surface area contributed by atoms with Crippen LogP contribution in [0.4, 0.5) is 0 Å². The number of carbonyl (C=O) groups excluding carboxylic acids is 2. The predicted octanol–water partition coefficient (Wildman–Crippen LogP) is 0.338. The topological polar surface area (TPSA) is 58.6 Å². The number of nitrogens with one attached hydrogen (secondary N) is 1. The van der Waals surface area contributed by atoms with E-state index in [1.54, 1.807) is 12.2 Å². The number of hydrogen-bond acceptors (Lipinski definition) is 4. The molecule has 0 aromatic rings. The highest BCUT2D eigenvalue weighted by atomic mass is 16.5. The van der Waals surface area contributed by atoms with E-state index >= 15 is 0 Å². The Bertz CT molecular complexity index is 279. The number of esters is 1. The Kier molecular flexibility index (Phi) is 7.71. The van der Waals surface area contributed by atoms with Gasteiger partial charge in [-0.3, -0.25) is 9.69 Å². The van der Waals surface area contributed by atoms with Gasteiger partial charge in [-0.05, 0) is 0 Å². The van der Waals surface area contributed by atoms with Gasteiger partial charge in [-0.1, -0.05) is 12.2 Å². The molecule has 1 unspecified atom stereocenters. The summed E-state index contributed by atoms with van der Waals surface area (Å²) < 4.78 is 4.64. The Labute approximate surface area is 102 Å². The number of hydrogen-bond donors (Lipinski definition) is 1. The maximum Gasteiger partial charge on any atom is 0.329 e. The Balaban J connectivity index is 4.55. The molecule has 0 saturated carbocycles. The summed E-state index contributed by atoms with van der Waals surface area (Å²) in [5.41, 5.74) is 0. The van der Waals surface area contributed by atoms with Crippen molar-refractivity contribution in [3.8, 4) is 0 Å². The van der Waals surface area contributed by atoms with E-state index in [0.717, 1.165) is 0 Å².